The van der Waals surface area contributed by atoms with Gasteiger partial charge in [-0.1, -0.05) is 17.7 Å². The molecule has 5 nitrogen and oxygen atoms in total. The van der Waals surface area contributed by atoms with Gasteiger partial charge in [-0.2, -0.15) is 0 Å². The van der Waals surface area contributed by atoms with E-state index in [2.05, 4.69) is 67.3 Å². The van der Waals surface area contributed by atoms with Crippen molar-refractivity contribution in [2.24, 2.45) is 0 Å². The summed E-state index contributed by atoms with van der Waals surface area (Å²) in [6.07, 6.45) is 3.91. The molecular weight excluding hydrogens is 450 g/mol. The molecule has 4 aromatic rings. The molecule has 2 aromatic heterocycles. The van der Waals surface area contributed by atoms with E-state index >= 15 is 0 Å². The maximum Gasteiger partial charge on any atom is 0.174 e. The molecule has 2 aromatic carbocycles. The summed E-state index contributed by atoms with van der Waals surface area (Å²) in [4.78, 5) is 8.90. The van der Waals surface area contributed by atoms with Crippen molar-refractivity contribution in [3.8, 4) is 5.69 Å². The highest BCUT2D eigenvalue weighted by molar-refractivity contribution is 7.80. The Kier molecular flexibility index (Phi) is 5.79. The first-order chi connectivity index (χ1) is 16.0. The van der Waals surface area contributed by atoms with Crippen LogP contribution in [0.25, 0.3) is 5.69 Å². The Hall–Kier alpha value is -3.35. The van der Waals surface area contributed by atoms with Crippen LogP contribution in [0.5, 0.6) is 0 Å². The summed E-state index contributed by atoms with van der Waals surface area (Å²) in [5.41, 5.74) is 5.29. The van der Waals surface area contributed by atoms with Crippen molar-refractivity contribution in [1.82, 2.24) is 14.9 Å². The first-order valence-electron chi connectivity index (χ1n) is 10.7. The second kappa shape index (κ2) is 8.89. The van der Waals surface area contributed by atoms with Gasteiger partial charge < -0.3 is 19.7 Å². The zero-order chi connectivity index (χ0) is 22.9. The smallest absolute Gasteiger partial charge is 0.174 e. The standard InChI is InChI=1S/C26H24ClN5S/c1-30(2)19-12-14-20(15-13-19)31-17-5-7-23(31)25-24(22-6-3-4-16-28-22)29-26(33)32(25)21-10-8-18(27)9-11-21/h3-17,24-25H,1-2H3,(H,29,33)/t24-,25+/m1/s1. The number of hydrogen-bond acceptors (Lipinski definition) is 3. The molecule has 1 aliphatic heterocycles. The minimum atomic E-state index is -0.107. The molecule has 0 unspecified atom stereocenters. The first-order valence-corrected chi connectivity index (χ1v) is 11.5. The van der Waals surface area contributed by atoms with Crippen LogP contribution in [0, 0.1) is 0 Å². The number of thiocarbonyl (C=S) groups is 1. The SMILES string of the molecule is CN(C)c1ccc(-n2cccc2[C@H]2[C@@H](c3ccccn3)NC(=S)N2c2ccc(Cl)cc2)cc1. The van der Waals surface area contributed by atoms with Crippen LogP contribution in [-0.2, 0) is 0 Å². The topological polar surface area (TPSA) is 36.3 Å². The van der Waals surface area contributed by atoms with Crippen LogP contribution in [0.15, 0.2) is 91.3 Å². The van der Waals surface area contributed by atoms with Gasteiger partial charge >= 0.3 is 0 Å². The summed E-state index contributed by atoms with van der Waals surface area (Å²) in [6.45, 7) is 0. The van der Waals surface area contributed by atoms with E-state index in [9.17, 15) is 0 Å². The van der Waals surface area contributed by atoms with Crippen LogP contribution in [0.4, 0.5) is 11.4 Å². The number of pyridine rings is 1. The fraction of sp³-hybridized carbons (Fsp3) is 0.154. The van der Waals surface area contributed by atoms with Crippen LogP contribution in [0.3, 0.4) is 0 Å². The highest BCUT2D eigenvalue weighted by atomic mass is 35.5. The second-order valence-electron chi connectivity index (χ2n) is 8.19. The van der Waals surface area contributed by atoms with Gasteiger partial charge in [-0.3, -0.25) is 4.98 Å². The van der Waals surface area contributed by atoms with Gasteiger partial charge in [-0.15, -0.1) is 0 Å². The lowest BCUT2D eigenvalue weighted by atomic mass is 10.0. The Morgan fingerprint density at radius 1 is 0.909 bits per heavy atom. The van der Waals surface area contributed by atoms with Crippen LogP contribution in [0.1, 0.15) is 23.5 Å². The Morgan fingerprint density at radius 2 is 1.64 bits per heavy atom. The number of nitrogens with one attached hydrogen (secondary N) is 1. The summed E-state index contributed by atoms with van der Waals surface area (Å²) in [5.74, 6) is 0. The maximum atomic E-state index is 6.17. The van der Waals surface area contributed by atoms with Gasteiger partial charge in [-0.25, -0.2) is 0 Å². The number of aromatic nitrogens is 2. The maximum absolute atomic E-state index is 6.17. The predicted octanol–water partition coefficient (Wildman–Crippen LogP) is 5.77. The molecule has 7 heteroatoms. The third-order valence-electron chi connectivity index (χ3n) is 5.93. The van der Waals surface area contributed by atoms with E-state index in [0.717, 1.165) is 28.5 Å². The third kappa shape index (κ3) is 4.08. The molecule has 1 aliphatic rings. The normalized spacial score (nSPS) is 17.8. The summed E-state index contributed by atoms with van der Waals surface area (Å²) >= 11 is 12.0. The summed E-state index contributed by atoms with van der Waals surface area (Å²) in [5, 5.41) is 4.87. The van der Waals surface area contributed by atoms with E-state index in [1.807, 2.05) is 62.8 Å². The van der Waals surface area contributed by atoms with Crippen LogP contribution >= 0.6 is 23.8 Å². The van der Waals surface area contributed by atoms with Crippen LogP contribution < -0.4 is 15.1 Å². The molecule has 5 rings (SSSR count). The summed E-state index contributed by atoms with van der Waals surface area (Å²) < 4.78 is 2.22. The fourth-order valence-electron chi connectivity index (χ4n) is 4.32. The second-order valence-corrected chi connectivity index (χ2v) is 9.01. The highest BCUT2D eigenvalue weighted by Crippen LogP contribution is 2.42. The minimum absolute atomic E-state index is 0.0999. The minimum Gasteiger partial charge on any atom is -0.378 e. The van der Waals surface area contributed by atoms with Crippen LogP contribution in [-0.4, -0.2) is 28.8 Å². The average molecular weight is 474 g/mol. The van der Waals surface area contributed by atoms with Gasteiger partial charge in [0.1, 0.15) is 6.04 Å². The molecule has 166 valence electrons. The highest BCUT2D eigenvalue weighted by Gasteiger charge is 2.42. The van der Waals surface area contributed by atoms with Gasteiger partial charge in [0, 0.05) is 54.3 Å². The van der Waals surface area contributed by atoms with Gasteiger partial charge in [-0.05, 0) is 85.0 Å². The molecule has 33 heavy (non-hydrogen) atoms. The third-order valence-corrected chi connectivity index (χ3v) is 6.50. The zero-order valence-corrected chi connectivity index (χ0v) is 20.0. The van der Waals surface area contributed by atoms with Crippen molar-refractivity contribution in [1.29, 1.82) is 0 Å². The van der Waals surface area contributed by atoms with Gasteiger partial charge in [0.2, 0.25) is 0 Å². The Morgan fingerprint density at radius 3 is 2.30 bits per heavy atom. The number of nitrogens with zero attached hydrogens (tertiary/aromatic N) is 4. The molecule has 1 saturated heterocycles. The van der Waals surface area contributed by atoms with Crippen molar-refractivity contribution < 1.29 is 0 Å². The van der Waals surface area contributed by atoms with E-state index in [0.29, 0.717) is 10.1 Å². The molecule has 0 spiro atoms. The molecule has 1 N–H and O–H groups in total. The molecule has 0 radical (unpaired) electrons. The van der Waals surface area contributed by atoms with Crippen molar-refractivity contribution >= 4 is 40.3 Å². The lowest BCUT2D eigenvalue weighted by molar-refractivity contribution is 0.549. The van der Waals surface area contributed by atoms with Gasteiger partial charge in [0.05, 0.1) is 11.7 Å². The lowest BCUT2D eigenvalue weighted by Crippen LogP contribution is -2.30. The molecule has 3 heterocycles. The number of rotatable bonds is 5. The molecule has 0 amide bonds. The molecule has 0 aliphatic carbocycles. The lowest BCUT2D eigenvalue weighted by Gasteiger charge is -2.29. The summed E-state index contributed by atoms with van der Waals surface area (Å²) in [6, 6.07) is 26.3. The molecule has 0 bridgehead atoms. The van der Waals surface area contributed by atoms with Gasteiger partial charge in [0.15, 0.2) is 5.11 Å². The molecule has 1 fully saturated rings. The number of hydrogen-bond donors (Lipinski definition) is 1. The Bertz CT molecular complexity index is 1250. The van der Waals surface area contributed by atoms with Gasteiger partial charge in [0.25, 0.3) is 0 Å². The molecule has 2 atom stereocenters. The molecule has 0 saturated carbocycles. The zero-order valence-electron chi connectivity index (χ0n) is 18.4. The van der Waals surface area contributed by atoms with Crippen LogP contribution in [0.2, 0.25) is 5.02 Å². The van der Waals surface area contributed by atoms with Crippen molar-refractivity contribution in [2.45, 2.75) is 12.1 Å². The monoisotopic (exact) mass is 473 g/mol. The molecular formula is C26H24ClN5S. The predicted molar refractivity (Wildman–Crippen MR) is 139 cm³/mol. The van der Waals surface area contributed by atoms with Crippen molar-refractivity contribution in [3.05, 3.63) is 108 Å². The number of halogens is 1. The van der Waals surface area contributed by atoms with E-state index < -0.39 is 0 Å². The first kappa shape index (κ1) is 21.5. The summed E-state index contributed by atoms with van der Waals surface area (Å²) in [7, 11) is 4.09. The van der Waals surface area contributed by atoms with E-state index in [1.54, 1.807) is 0 Å². The van der Waals surface area contributed by atoms with E-state index in [1.165, 1.54) is 0 Å². The van der Waals surface area contributed by atoms with Crippen molar-refractivity contribution in [2.75, 3.05) is 23.9 Å². The average Bonchev–Trinajstić information content (AvgIpc) is 3.44. The quantitative estimate of drug-likeness (QED) is 0.372. The van der Waals surface area contributed by atoms with E-state index in [4.69, 9.17) is 23.8 Å². The van der Waals surface area contributed by atoms with Crippen molar-refractivity contribution in [3.63, 3.8) is 0 Å². The number of benzene rings is 2. The Labute approximate surface area is 204 Å². The number of anilines is 2. The van der Waals surface area contributed by atoms with E-state index in [-0.39, 0.29) is 12.1 Å². The fourth-order valence-corrected chi connectivity index (χ4v) is 4.79. The largest absolute Gasteiger partial charge is 0.378 e. The Balaban J connectivity index is 1.63.